The first-order valence-electron chi connectivity index (χ1n) is 6.94. The first-order valence-corrected chi connectivity index (χ1v) is 7.73. The zero-order valence-corrected chi connectivity index (χ0v) is 13.0. The molecule has 1 aromatic rings. The van der Waals surface area contributed by atoms with Crippen LogP contribution >= 0.6 is 15.9 Å². The first-order chi connectivity index (χ1) is 9.29. The molecular weight excluding hydrogens is 306 g/mol. The lowest BCUT2D eigenvalue weighted by molar-refractivity contribution is 0.191. The zero-order valence-electron chi connectivity index (χ0n) is 11.5. The highest BCUT2D eigenvalue weighted by Gasteiger charge is 2.22. The third-order valence-electron chi connectivity index (χ3n) is 3.34. The second-order valence-electron chi connectivity index (χ2n) is 4.95. The fraction of sp³-hybridized carbons (Fsp3) is 0.600. The van der Waals surface area contributed by atoms with Crippen molar-refractivity contribution in [3.05, 3.63) is 28.2 Å². The lowest BCUT2D eigenvalue weighted by Crippen LogP contribution is -2.30. The molecule has 1 aliphatic heterocycles. The molecule has 0 radical (unpaired) electrons. The molecule has 0 saturated carbocycles. The van der Waals surface area contributed by atoms with E-state index in [2.05, 4.69) is 27.3 Å². The topological polar surface area (TPSA) is 30.5 Å². The van der Waals surface area contributed by atoms with E-state index in [0.717, 1.165) is 42.8 Å². The van der Waals surface area contributed by atoms with Gasteiger partial charge in [-0.3, -0.25) is 0 Å². The number of methoxy groups -OCH3 is 1. The third-order valence-corrected chi connectivity index (χ3v) is 3.83. The van der Waals surface area contributed by atoms with Gasteiger partial charge in [0, 0.05) is 31.2 Å². The molecule has 1 heterocycles. The normalized spacial score (nSPS) is 17.3. The summed E-state index contributed by atoms with van der Waals surface area (Å²) in [5, 5.41) is 3.48. The zero-order chi connectivity index (χ0) is 13.5. The SMILES string of the molecule is COCCCCCNCC1Cc2cc(Br)ccc2O1. The van der Waals surface area contributed by atoms with Gasteiger partial charge in [0.2, 0.25) is 0 Å². The van der Waals surface area contributed by atoms with Crippen molar-refractivity contribution in [1.82, 2.24) is 5.32 Å². The fourth-order valence-electron chi connectivity index (χ4n) is 2.34. The maximum Gasteiger partial charge on any atom is 0.123 e. The molecule has 3 nitrogen and oxygen atoms in total. The molecule has 1 aliphatic rings. The van der Waals surface area contributed by atoms with Gasteiger partial charge in [-0.15, -0.1) is 0 Å². The molecule has 19 heavy (non-hydrogen) atoms. The van der Waals surface area contributed by atoms with Gasteiger partial charge in [0.15, 0.2) is 0 Å². The molecule has 0 spiro atoms. The molecule has 106 valence electrons. The standard InChI is InChI=1S/C15H22BrNO2/c1-18-8-4-2-3-7-17-11-14-10-12-9-13(16)5-6-15(12)19-14/h5-6,9,14,17H,2-4,7-8,10-11H2,1H3. The Bertz CT molecular complexity index is 398. The predicted molar refractivity (Wildman–Crippen MR) is 80.9 cm³/mol. The van der Waals surface area contributed by atoms with Crippen LogP contribution in [0.1, 0.15) is 24.8 Å². The fourth-order valence-corrected chi connectivity index (χ4v) is 2.75. The van der Waals surface area contributed by atoms with Crippen molar-refractivity contribution in [2.45, 2.75) is 31.8 Å². The van der Waals surface area contributed by atoms with E-state index in [0.29, 0.717) is 0 Å². The summed E-state index contributed by atoms with van der Waals surface area (Å²) in [6, 6.07) is 6.23. The molecule has 1 unspecified atom stereocenters. The van der Waals surface area contributed by atoms with E-state index >= 15 is 0 Å². The maximum absolute atomic E-state index is 5.90. The minimum Gasteiger partial charge on any atom is -0.488 e. The van der Waals surface area contributed by atoms with E-state index in [9.17, 15) is 0 Å². The van der Waals surface area contributed by atoms with E-state index in [1.54, 1.807) is 7.11 Å². The Morgan fingerprint density at radius 2 is 2.26 bits per heavy atom. The van der Waals surface area contributed by atoms with E-state index in [4.69, 9.17) is 9.47 Å². The van der Waals surface area contributed by atoms with Crippen molar-refractivity contribution in [3.8, 4) is 5.75 Å². The molecule has 0 aliphatic carbocycles. The van der Waals surface area contributed by atoms with E-state index in [1.165, 1.54) is 18.4 Å². The van der Waals surface area contributed by atoms with Crippen LogP contribution in [0.4, 0.5) is 0 Å². The molecular formula is C15H22BrNO2. The highest BCUT2D eigenvalue weighted by molar-refractivity contribution is 9.10. The van der Waals surface area contributed by atoms with Gasteiger partial charge >= 0.3 is 0 Å². The summed E-state index contributed by atoms with van der Waals surface area (Å²) in [4.78, 5) is 0. The van der Waals surface area contributed by atoms with Gasteiger partial charge in [0.1, 0.15) is 11.9 Å². The van der Waals surface area contributed by atoms with Gasteiger partial charge in [0.05, 0.1) is 0 Å². The van der Waals surface area contributed by atoms with Crippen LogP contribution in [-0.4, -0.2) is 32.9 Å². The van der Waals surface area contributed by atoms with Crippen LogP contribution in [-0.2, 0) is 11.2 Å². The van der Waals surface area contributed by atoms with Gasteiger partial charge in [-0.25, -0.2) is 0 Å². The number of halogens is 1. The molecule has 1 aromatic carbocycles. The second kappa shape index (κ2) is 7.88. The van der Waals surface area contributed by atoms with E-state index < -0.39 is 0 Å². The molecule has 0 aromatic heterocycles. The van der Waals surface area contributed by atoms with Crippen LogP contribution in [0.15, 0.2) is 22.7 Å². The lowest BCUT2D eigenvalue weighted by atomic mass is 10.1. The van der Waals surface area contributed by atoms with Crippen molar-refractivity contribution in [3.63, 3.8) is 0 Å². The Balaban J connectivity index is 1.59. The number of rotatable bonds is 8. The van der Waals surface area contributed by atoms with Gasteiger partial charge < -0.3 is 14.8 Å². The van der Waals surface area contributed by atoms with Crippen LogP contribution in [0, 0.1) is 0 Å². The molecule has 0 amide bonds. The number of benzene rings is 1. The van der Waals surface area contributed by atoms with Gasteiger partial charge in [-0.1, -0.05) is 15.9 Å². The Kier molecular flexibility index (Phi) is 6.14. The minimum atomic E-state index is 0.281. The number of nitrogens with one attached hydrogen (secondary N) is 1. The minimum absolute atomic E-state index is 0.281. The van der Waals surface area contributed by atoms with E-state index in [-0.39, 0.29) is 6.10 Å². The molecule has 4 heteroatoms. The number of hydrogen-bond donors (Lipinski definition) is 1. The Labute approximate surface area is 123 Å². The van der Waals surface area contributed by atoms with Crippen LogP contribution in [0.5, 0.6) is 5.75 Å². The Hall–Kier alpha value is -0.580. The van der Waals surface area contributed by atoms with Gasteiger partial charge in [-0.2, -0.15) is 0 Å². The van der Waals surface area contributed by atoms with Gasteiger partial charge in [-0.05, 0) is 49.6 Å². The average Bonchev–Trinajstić information content (AvgIpc) is 2.79. The highest BCUT2D eigenvalue weighted by Crippen LogP contribution is 2.30. The highest BCUT2D eigenvalue weighted by atomic mass is 79.9. The maximum atomic E-state index is 5.90. The van der Waals surface area contributed by atoms with Crippen molar-refractivity contribution < 1.29 is 9.47 Å². The largest absolute Gasteiger partial charge is 0.488 e. The summed E-state index contributed by atoms with van der Waals surface area (Å²) in [6.45, 7) is 2.86. The molecule has 0 saturated heterocycles. The summed E-state index contributed by atoms with van der Waals surface area (Å²) in [6.07, 6.45) is 4.86. The molecule has 0 fully saturated rings. The smallest absolute Gasteiger partial charge is 0.123 e. The van der Waals surface area contributed by atoms with Crippen molar-refractivity contribution in [2.75, 3.05) is 26.8 Å². The van der Waals surface area contributed by atoms with Crippen LogP contribution in [0.2, 0.25) is 0 Å². The quantitative estimate of drug-likeness (QED) is 0.744. The van der Waals surface area contributed by atoms with Crippen LogP contribution in [0.3, 0.4) is 0 Å². The first kappa shape index (κ1) is 14.8. The number of ether oxygens (including phenoxy) is 2. The molecule has 1 N–H and O–H groups in total. The summed E-state index contributed by atoms with van der Waals surface area (Å²) in [7, 11) is 1.76. The summed E-state index contributed by atoms with van der Waals surface area (Å²) < 4.78 is 12.1. The average molecular weight is 328 g/mol. The molecule has 1 atom stereocenters. The summed E-state index contributed by atoms with van der Waals surface area (Å²) in [5.41, 5.74) is 1.31. The van der Waals surface area contributed by atoms with Crippen LogP contribution in [0.25, 0.3) is 0 Å². The molecule has 0 bridgehead atoms. The summed E-state index contributed by atoms with van der Waals surface area (Å²) in [5.74, 6) is 1.04. The van der Waals surface area contributed by atoms with Crippen molar-refractivity contribution in [1.29, 1.82) is 0 Å². The lowest BCUT2D eigenvalue weighted by Gasteiger charge is -2.11. The third kappa shape index (κ3) is 4.79. The summed E-state index contributed by atoms with van der Waals surface area (Å²) >= 11 is 3.50. The van der Waals surface area contributed by atoms with Crippen molar-refractivity contribution in [2.24, 2.45) is 0 Å². The van der Waals surface area contributed by atoms with Gasteiger partial charge in [0.25, 0.3) is 0 Å². The number of fused-ring (bicyclic) bond motifs is 1. The molecule has 2 rings (SSSR count). The predicted octanol–water partition coefficient (Wildman–Crippen LogP) is 3.16. The second-order valence-corrected chi connectivity index (χ2v) is 5.87. The van der Waals surface area contributed by atoms with Crippen molar-refractivity contribution >= 4 is 15.9 Å². The number of hydrogen-bond acceptors (Lipinski definition) is 3. The Morgan fingerprint density at radius 3 is 3.11 bits per heavy atom. The monoisotopic (exact) mass is 327 g/mol. The van der Waals surface area contributed by atoms with E-state index in [1.807, 2.05) is 12.1 Å². The van der Waals surface area contributed by atoms with Crippen LogP contribution < -0.4 is 10.1 Å². The Morgan fingerprint density at radius 1 is 1.37 bits per heavy atom. The number of unbranched alkanes of at least 4 members (excludes halogenated alkanes) is 2.